The van der Waals surface area contributed by atoms with Gasteiger partial charge in [-0.2, -0.15) is 0 Å². The van der Waals surface area contributed by atoms with Crippen molar-refractivity contribution in [3.8, 4) is 0 Å². The van der Waals surface area contributed by atoms with Gasteiger partial charge in [0.15, 0.2) is 0 Å². The summed E-state index contributed by atoms with van der Waals surface area (Å²) in [7, 11) is 0. The Morgan fingerprint density at radius 2 is 2.14 bits per heavy atom. The topological polar surface area (TPSA) is 61.8 Å². The van der Waals surface area contributed by atoms with Gasteiger partial charge in [-0.05, 0) is 0 Å². The first kappa shape index (κ1) is 11.4. The number of nitrogens with zero attached hydrogens (tertiary/aromatic N) is 1. The number of hydrogen-bond donors (Lipinski definition) is 2. The molecule has 1 heterocycles. The fourth-order valence-electron chi connectivity index (χ4n) is 1.37. The fourth-order valence-corrected chi connectivity index (χ4v) is 1.37. The van der Waals surface area contributed by atoms with Crippen molar-refractivity contribution in [1.29, 1.82) is 0 Å². The molecule has 0 unspecified atom stereocenters. The zero-order valence-corrected chi connectivity index (χ0v) is 8.37. The third kappa shape index (κ3) is 4.55. The van der Waals surface area contributed by atoms with Gasteiger partial charge in [-0.25, -0.2) is 0 Å². The van der Waals surface area contributed by atoms with E-state index in [1.807, 2.05) is 0 Å². The van der Waals surface area contributed by atoms with E-state index < -0.39 is 0 Å². The van der Waals surface area contributed by atoms with Crippen molar-refractivity contribution in [3.05, 3.63) is 0 Å². The molecule has 5 heteroatoms. The van der Waals surface area contributed by atoms with E-state index >= 15 is 0 Å². The number of morpholine rings is 1. The minimum Gasteiger partial charge on any atom is -0.396 e. The Balaban J connectivity index is 1.99. The summed E-state index contributed by atoms with van der Waals surface area (Å²) < 4.78 is 5.20. The number of ether oxygens (including phenoxy) is 1. The van der Waals surface area contributed by atoms with Crippen LogP contribution in [-0.2, 0) is 9.53 Å². The molecular weight excluding hydrogens is 184 g/mol. The number of nitrogens with one attached hydrogen (secondary N) is 1. The van der Waals surface area contributed by atoms with Crippen molar-refractivity contribution in [3.63, 3.8) is 0 Å². The molecule has 82 valence electrons. The van der Waals surface area contributed by atoms with E-state index in [1.165, 1.54) is 0 Å². The van der Waals surface area contributed by atoms with Gasteiger partial charge in [0.1, 0.15) is 0 Å². The Hall–Kier alpha value is -0.650. The van der Waals surface area contributed by atoms with E-state index in [0.717, 1.165) is 32.8 Å². The standard InChI is InChI=1S/C9H18N2O3/c12-6-1-9(13)10-2-3-11-4-7-14-8-5-11/h12H,1-8H2,(H,10,13). The van der Waals surface area contributed by atoms with Crippen molar-refractivity contribution < 1.29 is 14.6 Å². The van der Waals surface area contributed by atoms with Gasteiger partial charge < -0.3 is 15.2 Å². The van der Waals surface area contributed by atoms with Gasteiger partial charge in [-0.15, -0.1) is 0 Å². The third-order valence-corrected chi connectivity index (χ3v) is 2.19. The van der Waals surface area contributed by atoms with Crippen LogP contribution in [-0.4, -0.2) is 61.9 Å². The highest BCUT2D eigenvalue weighted by molar-refractivity contribution is 5.75. The van der Waals surface area contributed by atoms with Gasteiger partial charge in [-0.3, -0.25) is 9.69 Å². The molecule has 0 spiro atoms. The number of hydrogen-bond acceptors (Lipinski definition) is 4. The van der Waals surface area contributed by atoms with Gasteiger partial charge in [0.05, 0.1) is 19.8 Å². The van der Waals surface area contributed by atoms with E-state index in [1.54, 1.807) is 0 Å². The molecule has 0 atom stereocenters. The predicted molar refractivity (Wildman–Crippen MR) is 52.0 cm³/mol. The second-order valence-electron chi connectivity index (χ2n) is 3.28. The lowest BCUT2D eigenvalue weighted by Crippen LogP contribution is -2.41. The average Bonchev–Trinajstić information content (AvgIpc) is 2.20. The van der Waals surface area contributed by atoms with Gasteiger partial charge in [-0.1, -0.05) is 0 Å². The molecule has 0 saturated carbocycles. The van der Waals surface area contributed by atoms with Gasteiger partial charge in [0, 0.05) is 32.6 Å². The number of amides is 1. The SMILES string of the molecule is O=C(CCO)NCCN1CCOCC1. The molecular formula is C9H18N2O3. The summed E-state index contributed by atoms with van der Waals surface area (Å²) in [6.07, 6.45) is 0.198. The van der Waals surface area contributed by atoms with Crippen LogP contribution >= 0.6 is 0 Å². The van der Waals surface area contributed by atoms with Gasteiger partial charge >= 0.3 is 0 Å². The van der Waals surface area contributed by atoms with E-state index in [4.69, 9.17) is 9.84 Å². The maximum absolute atomic E-state index is 11.0. The monoisotopic (exact) mass is 202 g/mol. The summed E-state index contributed by atoms with van der Waals surface area (Å²) in [5.74, 6) is -0.0826. The van der Waals surface area contributed by atoms with Crippen LogP contribution in [0.2, 0.25) is 0 Å². The highest BCUT2D eigenvalue weighted by Gasteiger charge is 2.09. The molecule has 1 saturated heterocycles. The highest BCUT2D eigenvalue weighted by Crippen LogP contribution is 1.94. The van der Waals surface area contributed by atoms with Crippen LogP contribution in [0, 0.1) is 0 Å². The van der Waals surface area contributed by atoms with Crippen molar-refractivity contribution in [2.75, 3.05) is 46.0 Å². The zero-order valence-electron chi connectivity index (χ0n) is 8.37. The van der Waals surface area contributed by atoms with Crippen LogP contribution in [0.4, 0.5) is 0 Å². The molecule has 2 N–H and O–H groups in total. The maximum Gasteiger partial charge on any atom is 0.222 e. The molecule has 1 fully saturated rings. The van der Waals surface area contributed by atoms with E-state index in [-0.39, 0.29) is 18.9 Å². The van der Waals surface area contributed by atoms with Gasteiger partial charge in [0.2, 0.25) is 5.91 Å². The van der Waals surface area contributed by atoms with Crippen LogP contribution in [0.3, 0.4) is 0 Å². The first-order valence-electron chi connectivity index (χ1n) is 5.00. The van der Waals surface area contributed by atoms with Crippen molar-refractivity contribution in [2.24, 2.45) is 0 Å². The number of aliphatic hydroxyl groups excluding tert-OH is 1. The molecule has 5 nitrogen and oxygen atoms in total. The molecule has 1 amide bonds. The largest absolute Gasteiger partial charge is 0.396 e. The first-order valence-corrected chi connectivity index (χ1v) is 5.00. The van der Waals surface area contributed by atoms with Crippen LogP contribution in [0.5, 0.6) is 0 Å². The lowest BCUT2D eigenvalue weighted by Gasteiger charge is -2.26. The number of carbonyl (C=O) groups excluding carboxylic acids is 1. The zero-order chi connectivity index (χ0) is 10.2. The van der Waals surface area contributed by atoms with Crippen molar-refractivity contribution >= 4 is 5.91 Å². The molecule has 0 radical (unpaired) electrons. The molecule has 0 aromatic carbocycles. The smallest absolute Gasteiger partial charge is 0.222 e. The number of aliphatic hydroxyl groups is 1. The fraction of sp³-hybridized carbons (Fsp3) is 0.889. The first-order chi connectivity index (χ1) is 6.83. The van der Waals surface area contributed by atoms with E-state index in [0.29, 0.717) is 6.54 Å². The van der Waals surface area contributed by atoms with Crippen molar-refractivity contribution in [1.82, 2.24) is 10.2 Å². The Morgan fingerprint density at radius 3 is 2.79 bits per heavy atom. The quantitative estimate of drug-likeness (QED) is 0.589. The number of carbonyl (C=O) groups is 1. The predicted octanol–water partition coefficient (Wildman–Crippen LogP) is -1.18. The summed E-state index contributed by atoms with van der Waals surface area (Å²) in [5, 5.41) is 11.2. The maximum atomic E-state index is 11.0. The molecule has 0 aliphatic carbocycles. The Kier molecular flexibility index (Phi) is 5.51. The molecule has 1 rings (SSSR count). The third-order valence-electron chi connectivity index (χ3n) is 2.19. The average molecular weight is 202 g/mol. The Labute approximate surface area is 84.0 Å². The minimum atomic E-state index is -0.0826. The van der Waals surface area contributed by atoms with Crippen molar-refractivity contribution in [2.45, 2.75) is 6.42 Å². The molecule has 1 aliphatic rings. The lowest BCUT2D eigenvalue weighted by molar-refractivity contribution is -0.121. The second-order valence-corrected chi connectivity index (χ2v) is 3.28. The number of rotatable bonds is 5. The van der Waals surface area contributed by atoms with Crippen LogP contribution in [0.1, 0.15) is 6.42 Å². The molecule has 0 bridgehead atoms. The second kappa shape index (κ2) is 6.75. The summed E-state index contributed by atoms with van der Waals surface area (Å²) in [6.45, 7) is 4.88. The minimum absolute atomic E-state index is 0.0800. The Morgan fingerprint density at radius 1 is 1.43 bits per heavy atom. The van der Waals surface area contributed by atoms with Crippen LogP contribution in [0.15, 0.2) is 0 Å². The molecule has 14 heavy (non-hydrogen) atoms. The summed E-state index contributed by atoms with van der Waals surface area (Å²) in [5.41, 5.74) is 0. The summed E-state index contributed by atoms with van der Waals surface area (Å²) >= 11 is 0. The van der Waals surface area contributed by atoms with Crippen LogP contribution < -0.4 is 5.32 Å². The van der Waals surface area contributed by atoms with Gasteiger partial charge in [0.25, 0.3) is 0 Å². The lowest BCUT2D eigenvalue weighted by atomic mass is 10.4. The summed E-state index contributed by atoms with van der Waals surface area (Å²) in [4.78, 5) is 13.2. The normalized spacial score (nSPS) is 18.1. The van der Waals surface area contributed by atoms with Crippen LogP contribution in [0.25, 0.3) is 0 Å². The highest BCUT2D eigenvalue weighted by atomic mass is 16.5. The summed E-state index contributed by atoms with van der Waals surface area (Å²) in [6, 6.07) is 0. The molecule has 0 aromatic heterocycles. The Bertz CT molecular complexity index is 169. The molecule has 0 aromatic rings. The molecule has 1 aliphatic heterocycles. The van der Waals surface area contributed by atoms with E-state index in [9.17, 15) is 4.79 Å². The van der Waals surface area contributed by atoms with E-state index in [2.05, 4.69) is 10.2 Å².